The molecule has 6 heteroatoms. The normalized spacial score (nSPS) is 10.5. The Hall–Kier alpha value is -1.69. The molecular formula is C11H14N4OS. The van der Waals surface area contributed by atoms with Crippen molar-refractivity contribution in [3.8, 4) is 0 Å². The van der Waals surface area contributed by atoms with Gasteiger partial charge in [0.15, 0.2) is 0 Å². The number of carbonyl (C=O) groups is 1. The average molecular weight is 250 g/mol. The standard InChI is InChI=1S/C11H14N4OS/c1-6-9(17-5-13-6)4-12-11(16)10-7(2)14-15-8(10)3/h5H,4H2,1-3H3,(H,12,16)(H,14,15). The van der Waals surface area contributed by atoms with Crippen LogP contribution in [0.2, 0.25) is 0 Å². The lowest BCUT2D eigenvalue weighted by molar-refractivity contribution is 0.0950. The largest absolute Gasteiger partial charge is 0.347 e. The van der Waals surface area contributed by atoms with Gasteiger partial charge >= 0.3 is 0 Å². The number of nitrogens with zero attached hydrogens (tertiary/aromatic N) is 2. The second-order valence-corrected chi connectivity index (χ2v) is 4.79. The van der Waals surface area contributed by atoms with Crippen LogP contribution < -0.4 is 5.32 Å². The van der Waals surface area contributed by atoms with Gasteiger partial charge < -0.3 is 5.32 Å². The molecule has 0 radical (unpaired) electrons. The fourth-order valence-electron chi connectivity index (χ4n) is 1.63. The van der Waals surface area contributed by atoms with E-state index >= 15 is 0 Å². The summed E-state index contributed by atoms with van der Waals surface area (Å²) in [6.07, 6.45) is 0. The van der Waals surface area contributed by atoms with E-state index in [0.29, 0.717) is 12.1 Å². The van der Waals surface area contributed by atoms with Crippen molar-refractivity contribution in [2.24, 2.45) is 0 Å². The van der Waals surface area contributed by atoms with Crippen LogP contribution in [0.15, 0.2) is 5.51 Å². The van der Waals surface area contributed by atoms with Crippen LogP contribution in [0.25, 0.3) is 0 Å². The number of hydrogen-bond acceptors (Lipinski definition) is 4. The van der Waals surface area contributed by atoms with Crippen LogP contribution in [0.1, 0.15) is 32.3 Å². The summed E-state index contributed by atoms with van der Waals surface area (Å²) in [6.45, 7) is 6.11. The van der Waals surface area contributed by atoms with Crippen LogP contribution in [0.4, 0.5) is 0 Å². The molecule has 90 valence electrons. The molecule has 0 aromatic carbocycles. The van der Waals surface area contributed by atoms with Gasteiger partial charge in [0.25, 0.3) is 5.91 Å². The van der Waals surface area contributed by atoms with Crippen molar-refractivity contribution in [1.82, 2.24) is 20.5 Å². The maximum absolute atomic E-state index is 12.0. The Bertz CT molecular complexity index is 524. The Morgan fingerprint density at radius 1 is 1.41 bits per heavy atom. The molecule has 0 fully saturated rings. The first-order valence-corrected chi connectivity index (χ1v) is 6.16. The molecule has 0 aliphatic heterocycles. The van der Waals surface area contributed by atoms with E-state index in [1.54, 1.807) is 16.8 Å². The van der Waals surface area contributed by atoms with E-state index in [4.69, 9.17) is 0 Å². The molecule has 0 saturated carbocycles. The minimum Gasteiger partial charge on any atom is -0.347 e. The topological polar surface area (TPSA) is 70.7 Å². The van der Waals surface area contributed by atoms with Crippen LogP contribution in [0.5, 0.6) is 0 Å². The van der Waals surface area contributed by atoms with Gasteiger partial charge in [0.05, 0.1) is 29.0 Å². The van der Waals surface area contributed by atoms with Gasteiger partial charge in [0.1, 0.15) is 0 Å². The SMILES string of the molecule is Cc1ncsc1CNC(=O)c1c(C)n[nH]c1C. The lowest BCUT2D eigenvalue weighted by Gasteiger charge is -2.04. The summed E-state index contributed by atoms with van der Waals surface area (Å²) in [7, 11) is 0. The Balaban J connectivity index is 2.06. The maximum Gasteiger partial charge on any atom is 0.255 e. The summed E-state index contributed by atoms with van der Waals surface area (Å²) < 4.78 is 0. The van der Waals surface area contributed by atoms with Crippen LogP contribution >= 0.6 is 11.3 Å². The Labute approximate surface area is 103 Å². The van der Waals surface area contributed by atoms with Crippen molar-refractivity contribution in [3.05, 3.63) is 33.0 Å². The van der Waals surface area contributed by atoms with Crippen molar-refractivity contribution < 1.29 is 4.79 Å². The number of H-pyrrole nitrogens is 1. The zero-order valence-electron chi connectivity index (χ0n) is 10.00. The average Bonchev–Trinajstić information content (AvgIpc) is 2.83. The summed E-state index contributed by atoms with van der Waals surface area (Å²) in [5.74, 6) is -0.0958. The first kappa shape index (κ1) is 11.8. The lowest BCUT2D eigenvalue weighted by atomic mass is 10.2. The molecule has 0 atom stereocenters. The van der Waals surface area contributed by atoms with Gasteiger partial charge in [-0.05, 0) is 20.8 Å². The molecule has 2 N–H and O–H groups in total. The van der Waals surface area contributed by atoms with Gasteiger partial charge in [-0.3, -0.25) is 9.89 Å². The van der Waals surface area contributed by atoms with E-state index in [-0.39, 0.29) is 5.91 Å². The summed E-state index contributed by atoms with van der Waals surface area (Å²) in [5.41, 5.74) is 4.90. The molecule has 0 aliphatic rings. The van der Waals surface area contributed by atoms with Crippen LogP contribution in [0.3, 0.4) is 0 Å². The van der Waals surface area contributed by atoms with Gasteiger partial charge in [-0.15, -0.1) is 11.3 Å². The quantitative estimate of drug-likeness (QED) is 0.871. The number of aromatic nitrogens is 3. The Morgan fingerprint density at radius 3 is 2.71 bits per heavy atom. The summed E-state index contributed by atoms with van der Waals surface area (Å²) in [6, 6.07) is 0. The van der Waals surface area contributed by atoms with Crippen LogP contribution in [-0.2, 0) is 6.54 Å². The Kier molecular flexibility index (Phi) is 3.23. The predicted octanol–water partition coefficient (Wildman–Crippen LogP) is 1.72. The number of amides is 1. The molecular weight excluding hydrogens is 236 g/mol. The van der Waals surface area contributed by atoms with E-state index in [0.717, 1.165) is 22.0 Å². The number of thiazole rings is 1. The molecule has 0 spiro atoms. The lowest BCUT2D eigenvalue weighted by Crippen LogP contribution is -2.23. The highest BCUT2D eigenvalue weighted by Crippen LogP contribution is 2.13. The number of hydrogen-bond donors (Lipinski definition) is 2. The first-order valence-electron chi connectivity index (χ1n) is 5.28. The van der Waals surface area contributed by atoms with E-state index in [9.17, 15) is 4.79 Å². The first-order chi connectivity index (χ1) is 8.09. The minimum absolute atomic E-state index is 0.0958. The van der Waals surface area contributed by atoms with Crippen molar-refractivity contribution in [3.63, 3.8) is 0 Å². The number of aromatic amines is 1. The summed E-state index contributed by atoms with van der Waals surface area (Å²) >= 11 is 1.55. The molecule has 17 heavy (non-hydrogen) atoms. The van der Waals surface area contributed by atoms with Crippen molar-refractivity contribution in [2.75, 3.05) is 0 Å². The van der Waals surface area contributed by atoms with Crippen molar-refractivity contribution >= 4 is 17.2 Å². The number of rotatable bonds is 3. The highest BCUT2D eigenvalue weighted by atomic mass is 32.1. The van der Waals surface area contributed by atoms with Gasteiger partial charge in [-0.25, -0.2) is 4.98 Å². The number of aryl methyl sites for hydroxylation is 3. The monoisotopic (exact) mass is 250 g/mol. The third-order valence-corrected chi connectivity index (χ3v) is 3.54. The molecule has 1 amide bonds. The molecule has 5 nitrogen and oxygen atoms in total. The minimum atomic E-state index is -0.0958. The maximum atomic E-state index is 12.0. The molecule has 0 bridgehead atoms. The molecule has 2 aromatic heterocycles. The van der Waals surface area contributed by atoms with Crippen molar-refractivity contribution in [1.29, 1.82) is 0 Å². The Morgan fingerprint density at radius 2 is 2.18 bits per heavy atom. The third-order valence-electron chi connectivity index (χ3n) is 2.61. The molecule has 2 aromatic rings. The van der Waals surface area contributed by atoms with E-state index in [1.165, 1.54) is 0 Å². The van der Waals surface area contributed by atoms with E-state index in [1.807, 2.05) is 20.8 Å². The smallest absolute Gasteiger partial charge is 0.255 e. The number of nitrogens with one attached hydrogen (secondary N) is 2. The van der Waals surface area contributed by atoms with Gasteiger partial charge in [0.2, 0.25) is 0 Å². The molecule has 0 unspecified atom stereocenters. The van der Waals surface area contributed by atoms with Gasteiger partial charge in [-0.2, -0.15) is 5.10 Å². The fourth-order valence-corrected chi connectivity index (χ4v) is 2.35. The highest BCUT2D eigenvalue weighted by molar-refractivity contribution is 7.09. The molecule has 0 aliphatic carbocycles. The second-order valence-electron chi connectivity index (χ2n) is 3.85. The van der Waals surface area contributed by atoms with Crippen LogP contribution in [0, 0.1) is 20.8 Å². The van der Waals surface area contributed by atoms with E-state index in [2.05, 4.69) is 20.5 Å². The predicted molar refractivity (Wildman–Crippen MR) is 66.1 cm³/mol. The van der Waals surface area contributed by atoms with E-state index < -0.39 is 0 Å². The number of carbonyl (C=O) groups excluding carboxylic acids is 1. The summed E-state index contributed by atoms with van der Waals surface area (Å²) in [4.78, 5) is 17.2. The molecule has 0 saturated heterocycles. The van der Waals surface area contributed by atoms with Crippen molar-refractivity contribution in [2.45, 2.75) is 27.3 Å². The molecule has 2 heterocycles. The fraction of sp³-hybridized carbons (Fsp3) is 0.364. The summed E-state index contributed by atoms with van der Waals surface area (Å²) in [5, 5.41) is 9.69. The third kappa shape index (κ3) is 2.36. The molecule has 2 rings (SSSR count). The van der Waals surface area contributed by atoms with Gasteiger partial charge in [-0.1, -0.05) is 0 Å². The zero-order valence-corrected chi connectivity index (χ0v) is 10.8. The second kappa shape index (κ2) is 4.67. The zero-order chi connectivity index (χ0) is 12.4. The van der Waals surface area contributed by atoms with Gasteiger partial charge in [0, 0.05) is 10.6 Å². The highest BCUT2D eigenvalue weighted by Gasteiger charge is 2.15. The van der Waals surface area contributed by atoms with Crippen LogP contribution in [-0.4, -0.2) is 21.1 Å².